The van der Waals surface area contributed by atoms with Crippen LogP contribution in [0.25, 0.3) is 21.6 Å². The largest absolute Gasteiger partial charge is 0.338 e. The Morgan fingerprint density at radius 2 is 1.86 bits per heavy atom. The SMILES string of the molecule is Cc1ccc(-c2noc(CNS(=O)(=O)c3ccc4c(c3)sc(=O)n4Cc3ccccc3Cl)n2)cc1. The van der Waals surface area contributed by atoms with Crippen LogP contribution < -0.4 is 9.60 Å². The minimum absolute atomic E-state index is 0.0365. The first kappa shape index (κ1) is 23.4. The Balaban J connectivity index is 1.35. The minimum atomic E-state index is -3.88. The Labute approximate surface area is 209 Å². The van der Waals surface area contributed by atoms with Gasteiger partial charge < -0.3 is 4.52 Å². The van der Waals surface area contributed by atoms with Crippen LogP contribution in [-0.4, -0.2) is 23.1 Å². The zero-order valence-electron chi connectivity index (χ0n) is 18.4. The summed E-state index contributed by atoms with van der Waals surface area (Å²) in [6.07, 6.45) is 0. The molecule has 8 nitrogen and oxygen atoms in total. The van der Waals surface area contributed by atoms with Crippen LogP contribution >= 0.6 is 22.9 Å². The van der Waals surface area contributed by atoms with E-state index < -0.39 is 10.0 Å². The van der Waals surface area contributed by atoms with Crippen molar-refractivity contribution in [1.82, 2.24) is 19.4 Å². The second kappa shape index (κ2) is 9.38. The summed E-state index contributed by atoms with van der Waals surface area (Å²) in [6, 6.07) is 19.5. The van der Waals surface area contributed by atoms with Crippen molar-refractivity contribution in [2.45, 2.75) is 24.9 Å². The topological polar surface area (TPSA) is 107 Å². The summed E-state index contributed by atoms with van der Waals surface area (Å²) in [4.78, 5) is 16.7. The van der Waals surface area contributed by atoms with Gasteiger partial charge in [0.1, 0.15) is 0 Å². The molecule has 0 aliphatic rings. The molecule has 5 rings (SSSR count). The molecule has 0 bridgehead atoms. The minimum Gasteiger partial charge on any atom is -0.338 e. The molecule has 0 saturated carbocycles. The molecular formula is C24H19ClN4O4S2. The summed E-state index contributed by atoms with van der Waals surface area (Å²) in [5.74, 6) is 0.519. The van der Waals surface area contributed by atoms with Gasteiger partial charge >= 0.3 is 4.87 Å². The number of hydrogen-bond acceptors (Lipinski definition) is 7. The molecule has 0 fully saturated rings. The Kier molecular flexibility index (Phi) is 6.28. The van der Waals surface area contributed by atoms with Crippen LogP contribution in [0.4, 0.5) is 0 Å². The summed E-state index contributed by atoms with van der Waals surface area (Å²) in [5, 5.41) is 4.48. The van der Waals surface area contributed by atoms with Crippen molar-refractivity contribution in [3.05, 3.63) is 98.4 Å². The number of nitrogens with zero attached hydrogens (tertiary/aromatic N) is 3. The third-order valence-corrected chi connectivity index (χ3v) is 8.14. The van der Waals surface area contributed by atoms with Gasteiger partial charge in [-0.15, -0.1) is 0 Å². The average molecular weight is 527 g/mol. The predicted octanol–water partition coefficient (Wildman–Crippen LogP) is 4.60. The zero-order valence-corrected chi connectivity index (χ0v) is 20.8. The number of hydrogen-bond donors (Lipinski definition) is 1. The molecule has 0 unspecified atom stereocenters. The van der Waals surface area contributed by atoms with Crippen LogP contribution in [0.1, 0.15) is 17.0 Å². The molecule has 0 spiro atoms. The molecule has 0 saturated heterocycles. The van der Waals surface area contributed by atoms with Gasteiger partial charge in [-0.3, -0.25) is 9.36 Å². The molecule has 0 amide bonds. The number of benzene rings is 3. The van der Waals surface area contributed by atoms with E-state index in [1.54, 1.807) is 16.7 Å². The lowest BCUT2D eigenvalue weighted by Gasteiger charge is -2.07. The molecule has 178 valence electrons. The highest BCUT2D eigenvalue weighted by molar-refractivity contribution is 7.89. The van der Waals surface area contributed by atoms with Crippen molar-refractivity contribution in [3.8, 4) is 11.4 Å². The molecule has 0 radical (unpaired) electrons. The van der Waals surface area contributed by atoms with Crippen molar-refractivity contribution in [2.24, 2.45) is 0 Å². The second-order valence-corrected chi connectivity index (χ2v) is 11.0. The van der Waals surface area contributed by atoms with Crippen LogP contribution in [0, 0.1) is 6.92 Å². The molecule has 0 atom stereocenters. The summed E-state index contributed by atoms with van der Waals surface area (Å²) < 4.78 is 35.6. The van der Waals surface area contributed by atoms with Gasteiger partial charge in [0.05, 0.1) is 28.2 Å². The number of nitrogens with one attached hydrogen (secondary N) is 1. The van der Waals surface area contributed by atoms with E-state index in [-0.39, 0.29) is 22.2 Å². The first-order valence-electron chi connectivity index (χ1n) is 10.6. The van der Waals surface area contributed by atoms with Crippen LogP contribution in [0.3, 0.4) is 0 Å². The maximum absolute atomic E-state index is 12.9. The van der Waals surface area contributed by atoms with Crippen molar-refractivity contribution in [1.29, 1.82) is 0 Å². The number of thiazole rings is 1. The molecule has 5 aromatic rings. The number of rotatable bonds is 7. The fraction of sp³-hybridized carbons (Fsp3) is 0.125. The number of aromatic nitrogens is 3. The molecule has 0 aliphatic heterocycles. The van der Waals surface area contributed by atoms with Gasteiger partial charge in [0.2, 0.25) is 21.7 Å². The monoisotopic (exact) mass is 526 g/mol. The quantitative estimate of drug-likeness (QED) is 0.332. The van der Waals surface area contributed by atoms with Crippen LogP contribution in [-0.2, 0) is 23.1 Å². The fourth-order valence-electron chi connectivity index (χ4n) is 3.55. The van der Waals surface area contributed by atoms with Gasteiger partial charge in [-0.2, -0.15) is 4.98 Å². The highest BCUT2D eigenvalue weighted by Crippen LogP contribution is 2.24. The number of sulfonamides is 1. The van der Waals surface area contributed by atoms with E-state index >= 15 is 0 Å². The molecule has 1 N–H and O–H groups in total. The molecule has 2 aromatic heterocycles. The molecule has 0 aliphatic carbocycles. The molecular weight excluding hydrogens is 508 g/mol. The normalized spacial score (nSPS) is 11.8. The lowest BCUT2D eigenvalue weighted by molar-refractivity contribution is 0.376. The van der Waals surface area contributed by atoms with Gasteiger partial charge in [-0.1, -0.05) is 76.1 Å². The van der Waals surface area contributed by atoms with Crippen molar-refractivity contribution < 1.29 is 12.9 Å². The Bertz CT molecular complexity index is 1690. The third-order valence-electron chi connectivity index (χ3n) is 5.43. The first-order valence-corrected chi connectivity index (χ1v) is 13.2. The first-order chi connectivity index (χ1) is 16.8. The molecule has 35 heavy (non-hydrogen) atoms. The van der Waals surface area contributed by atoms with Gasteiger partial charge in [-0.05, 0) is 36.8 Å². The highest BCUT2D eigenvalue weighted by atomic mass is 35.5. The third kappa shape index (κ3) is 4.92. The van der Waals surface area contributed by atoms with E-state index in [1.807, 2.05) is 49.4 Å². The second-order valence-electron chi connectivity index (χ2n) is 7.88. The maximum atomic E-state index is 12.9. The average Bonchev–Trinajstić information content (AvgIpc) is 3.44. The van der Waals surface area contributed by atoms with Crippen LogP contribution in [0.15, 0.2) is 80.9 Å². The van der Waals surface area contributed by atoms with Gasteiger partial charge in [-0.25, -0.2) is 13.1 Å². The number of halogens is 1. The lowest BCUT2D eigenvalue weighted by Crippen LogP contribution is -2.23. The van der Waals surface area contributed by atoms with E-state index in [9.17, 15) is 13.2 Å². The maximum Gasteiger partial charge on any atom is 0.308 e. The van der Waals surface area contributed by atoms with E-state index in [2.05, 4.69) is 14.9 Å². The van der Waals surface area contributed by atoms with Crippen molar-refractivity contribution in [3.63, 3.8) is 0 Å². The summed E-state index contributed by atoms with van der Waals surface area (Å²) in [6.45, 7) is 2.11. The number of fused-ring (bicyclic) bond motifs is 1. The number of aryl methyl sites for hydroxylation is 1. The van der Waals surface area contributed by atoms with E-state index in [1.165, 1.54) is 12.1 Å². The summed E-state index contributed by atoms with van der Waals surface area (Å²) >= 11 is 7.22. The Hall–Kier alpha value is -3.31. The fourth-order valence-corrected chi connectivity index (χ4v) is 5.75. The van der Waals surface area contributed by atoms with E-state index in [4.69, 9.17) is 16.1 Å². The van der Waals surface area contributed by atoms with Crippen molar-refractivity contribution in [2.75, 3.05) is 0 Å². The van der Waals surface area contributed by atoms with E-state index in [0.717, 1.165) is 28.0 Å². The van der Waals surface area contributed by atoms with Crippen LogP contribution in [0.2, 0.25) is 5.02 Å². The van der Waals surface area contributed by atoms with Gasteiger partial charge in [0.15, 0.2) is 0 Å². The zero-order chi connectivity index (χ0) is 24.6. The molecule has 3 aromatic carbocycles. The predicted molar refractivity (Wildman–Crippen MR) is 135 cm³/mol. The highest BCUT2D eigenvalue weighted by Gasteiger charge is 2.19. The lowest BCUT2D eigenvalue weighted by atomic mass is 10.1. The molecule has 11 heteroatoms. The van der Waals surface area contributed by atoms with Crippen LogP contribution in [0.5, 0.6) is 0 Å². The summed E-state index contributed by atoms with van der Waals surface area (Å²) in [7, 11) is -3.88. The standard InChI is InChI=1S/C24H19ClN4O4S2/c1-15-6-8-16(9-7-15)23-27-22(33-28-23)13-26-35(31,32)18-10-11-20-21(12-18)34-24(30)29(20)14-17-4-2-3-5-19(17)25/h2-12,26H,13-14H2,1H3. The Morgan fingerprint density at radius 1 is 1.09 bits per heavy atom. The van der Waals surface area contributed by atoms with E-state index in [0.29, 0.717) is 27.6 Å². The summed E-state index contributed by atoms with van der Waals surface area (Å²) in [5.41, 5.74) is 3.32. The van der Waals surface area contributed by atoms with Crippen molar-refractivity contribution >= 4 is 43.2 Å². The smallest absolute Gasteiger partial charge is 0.308 e. The van der Waals surface area contributed by atoms with Gasteiger partial charge in [0.25, 0.3) is 0 Å². The van der Waals surface area contributed by atoms with Gasteiger partial charge in [0, 0.05) is 10.6 Å². The Morgan fingerprint density at radius 3 is 2.63 bits per heavy atom. The molecule has 2 heterocycles.